The van der Waals surface area contributed by atoms with Crippen molar-refractivity contribution in [2.24, 2.45) is 0 Å². The molecular weight excluding hydrogens is 351 g/mol. The van der Waals surface area contributed by atoms with E-state index in [1.54, 1.807) is 31.2 Å². The topological polar surface area (TPSA) is 116 Å². The summed E-state index contributed by atoms with van der Waals surface area (Å²) in [5.41, 5.74) is 0.810. The molecule has 2 atom stereocenters. The minimum absolute atomic E-state index is 0. The van der Waals surface area contributed by atoms with Crippen LogP contribution in [-0.2, 0) is 31.0 Å². The van der Waals surface area contributed by atoms with Gasteiger partial charge in [0.05, 0.1) is 12.5 Å². The molecule has 2 rings (SSSR count). The quantitative estimate of drug-likeness (QED) is 0.316. The van der Waals surface area contributed by atoms with Crippen molar-refractivity contribution < 1.29 is 78.8 Å². The minimum atomic E-state index is -4.58. The van der Waals surface area contributed by atoms with Gasteiger partial charge < -0.3 is 9.87 Å². The number of hydrogen-bond acceptors (Lipinski definition) is 6. The molecule has 1 saturated heterocycles. The second-order valence-electron chi connectivity index (χ2n) is 4.92. The SMILES string of the molecule is C[C@H]1[C@H](NC(=O)Cc2ccccc2)C(=O)N1OCS(=O)(=O)[O-].[K+]. The van der Waals surface area contributed by atoms with E-state index in [9.17, 15) is 22.6 Å². The fraction of sp³-hybridized carbons (Fsp3) is 0.385. The van der Waals surface area contributed by atoms with E-state index in [4.69, 9.17) is 0 Å². The molecule has 1 aromatic rings. The summed E-state index contributed by atoms with van der Waals surface area (Å²) in [6, 6.07) is 7.69. The molecule has 1 aromatic carbocycles. The second-order valence-corrected chi connectivity index (χ2v) is 6.27. The maximum atomic E-state index is 11.9. The molecule has 0 spiro atoms. The average Bonchev–Trinajstić information content (AvgIpc) is 2.45. The Morgan fingerprint density at radius 3 is 2.48 bits per heavy atom. The molecule has 0 aromatic heterocycles. The Bertz CT molecular complexity index is 666. The summed E-state index contributed by atoms with van der Waals surface area (Å²) in [5, 5.41) is 3.33. The number of nitrogens with one attached hydrogen (secondary N) is 1. The number of hydrogen-bond donors (Lipinski definition) is 1. The Morgan fingerprint density at radius 1 is 1.35 bits per heavy atom. The normalized spacial score (nSPS) is 20.4. The molecule has 1 aliphatic rings. The van der Waals surface area contributed by atoms with Gasteiger partial charge in [-0.1, -0.05) is 30.3 Å². The van der Waals surface area contributed by atoms with Crippen LogP contribution in [0.1, 0.15) is 12.5 Å². The van der Waals surface area contributed by atoms with Gasteiger partial charge in [0.25, 0.3) is 5.91 Å². The molecule has 10 heteroatoms. The summed E-state index contributed by atoms with van der Waals surface area (Å²) >= 11 is 0. The van der Waals surface area contributed by atoms with Gasteiger partial charge in [-0.25, -0.2) is 13.5 Å². The van der Waals surface area contributed by atoms with Crippen LogP contribution in [0, 0.1) is 0 Å². The number of benzene rings is 1. The number of β-lactam (4-membered cyclic amide) rings is 1. The molecule has 0 radical (unpaired) electrons. The first kappa shape index (κ1) is 20.7. The van der Waals surface area contributed by atoms with Crippen molar-refractivity contribution in [1.82, 2.24) is 10.4 Å². The maximum absolute atomic E-state index is 11.9. The van der Waals surface area contributed by atoms with Gasteiger partial charge in [0.1, 0.15) is 16.2 Å². The summed E-state index contributed by atoms with van der Waals surface area (Å²) in [7, 11) is -4.58. The predicted molar refractivity (Wildman–Crippen MR) is 74.0 cm³/mol. The molecule has 0 unspecified atom stereocenters. The van der Waals surface area contributed by atoms with Gasteiger partial charge in [0, 0.05) is 0 Å². The van der Waals surface area contributed by atoms with E-state index < -0.39 is 34.0 Å². The first-order valence-electron chi connectivity index (χ1n) is 6.51. The molecule has 120 valence electrons. The average molecular weight is 366 g/mol. The van der Waals surface area contributed by atoms with Gasteiger partial charge in [-0.05, 0) is 12.5 Å². The third-order valence-corrected chi connectivity index (χ3v) is 3.59. The fourth-order valence-electron chi connectivity index (χ4n) is 2.09. The van der Waals surface area contributed by atoms with E-state index in [1.807, 2.05) is 6.07 Å². The molecule has 23 heavy (non-hydrogen) atoms. The number of carbonyl (C=O) groups is 2. The van der Waals surface area contributed by atoms with Gasteiger partial charge in [0.15, 0.2) is 5.94 Å². The molecule has 0 aliphatic carbocycles. The molecule has 1 N–H and O–H groups in total. The monoisotopic (exact) mass is 366 g/mol. The fourth-order valence-corrected chi connectivity index (χ4v) is 2.33. The molecule has 8 nitrogen and oxygen atoms in total. The molecule has 0 bridgehead atoms. The van der Waals surface area contributed by atoms with Crippen molar-refractivity contribution in [3.63, 3.8) is 0 Å². The molecular formula is C13H15KN2O6S. The molecule has 2 amide bonds. The van der Waals surface area contributed by atoms with Gasteiger partial charge in [-0.2, -0.15) is 0 Å². The van der Waals surface area contributed by atoms with Crippen molar-refractivity contribution in [2.45, 2.75) is 25.4 Å². The van der Waals surface area contributed by atoms with E-state index >= 15 is 0 Å². The molecule has 1 fully saturated rings. The van der Waals surface area contributed by atoms with Crippen molar-refractivity contribution in [2.75, 3.05) is 5.94 Å². The number of rotatable bonds is 6. The molecule has 0 saturated carbocycles. The van der Waals surface area contributed by atoms with E-state index in [0.29, 0.717) is 0 Å². The van der Waals surface area contributed by atoms with Gasteiger partial charge in [-0.15, -0.1) is 0 Å². The van der Waals surface area contributed by atoms with Crippen molar-refractivity contribution in [1.29, 1.82) is 0 Å². The number of nitrogens with zero attached hydrogens (tertiary/aromatic N) is 1. The van der Waals surface area contributed by atoms with Gasteiger partial charge >= 0.3 is 51.4 Å². The van der Waals surface area contributed by atoms with E-state index in [1.165, 1.54) is 0 Å². The zero-order chi connectivity index (χ0) is 16.3. The zero-order valence-electron chi connectivity index (χ0n) is 12.8. The van der Waals surface area contributed by atoms with Crippen LogP contribution in [-0.4, -0.2) is 47.9 Å². The molecule has 1 heterocycles. The van der Waals surface area contributed by atoms with Crippen LogP contribution in [0.2, 0.25) is 0 Å². The van der Waals surface area contributed by atoms with Crippen LogP contribution in [0.15, 0.2) is 30.3 Å². The van der Waals surface area contributed by atoms with Crippen molar-refractivity contribution >= 4 is 21.9 Å². The van der Waals surface area contributed by atoms with Crippen LogP contribution in [0.5, 0.6) is 0 Å². The van der Waals surface area contributed by atoms with Crippen LogP contribution in [0.4, 0.5) is 0 Å². The smallest absolute Gasteiger partial charge is 0.746 e. The number of amides is 2. The van der Waals surface area contributed by atoms with Crippen molar-refractivity contribution in [3.8, 4) is 0 Å². The van der Waals surface area contributed by atoms with Crippen LogP contribution in [0.25, 0.3) is 0 Å². The van der Waals surface area contributed by atoms with E-state index in [0.717, 1.165) is 10.6 Å². The van der Waals surface area contributed by atoms with Gasteiger partial charge in [0.2, 0.25) is 5.91 Å². The van der Waals surface area contributed by atoms with Crippen LogP contribution in [0.3, 0.4) is 0 Å². The first-order chi connectivity index (χ1) is 10.3. The summed E-state index contributed by atoms with van der Waals surface area (Å²) in [6.07, 6.45) is 0.132. The summed E-state index contributed by atoms with van der Waals surface area (Å²) in [5.74, 6) is -2.03. The zero-order valence-corrected chi connectivity index (χ0v) is 16.7. The largest absolute Gasteiger partial charge is 1.00 e. The second kappa shape index (κ2) is 8.67. The Hall–Kier alpha value is -0.334. The number of carbonyl (C=O) groups excluding carboxylic acids is 2. The standard InChI is InChI=1S/C13H16N2O6S.K/c1-9-12(13(17)15(9)21-8-22(18,19)20)14-11(16)7-10-5-3-2-4-6-10;/h2-6,9,12H,7-8H2,1H3,(H,14,16)(H,18,19,20);/q;+1/p-1/t9-,12-;/m0./s1. The van der Waals surface area contributed by atoms with Crippen molar-refractivity contribution in [3.05, 3.63) is 35.9 Å². The Labute approximate surface area is 176 Å². The predicted octanol–water partition coefficient (Wildman–Crippen LogP) is -3.62. The number of hydroxylamine groups is 2. The summed E-state index contributed by atoms with van der Waals surface area (Å²) in [4.78, 5) is 28.3. The molecule has 1 aliphatic heterocycles. The minimum Gasteiger partial charge on any atom is -0.746 e. The third-order valence-electron chi connectivity index (χ3n) is 3.20. The maximum Gasteiger partial charge on any atom is 1.00 e. The third kappa shape index (κ3) is 5.91. The van der Waals surface area contributed by atoms with Crippen LogP contribution >= 0.6 is 0 Å². The summed E-state index contributed by atoms with van der Waals surface area (Å²) in [6.45, 7) is 1.58. The Balaban J connectivity index is 0.00000264. The van der Waals surface area contributed by atoms with Gasteiger partial charge in [-0.3, -0.25) is 14.4 Å². The van der Waals surface area contributed by atoms with E-state index in [-0.39, 0.29) is 63.7 Å². The summed E-state index contributed by atoms with van der Waals surface area (Å²) < 4.78 is 31.4. The Kier molecular flexibility index (Phi) is 7.81. The Morgan fingerprint density at radius 2 is 1.96 bits per heavy atom. The van der Waals surface area contributed by atoms with E-state index in [2.05, 4.69) is 10.2 Å². The first-order valence-corrected chi connectivity index (χ1v) is 8.08. The van der Waals surface area contributed by atoms with Crippen LogP contribution < -0.4 is 56.7 Å².